The van der Waals surface area contributed by atoms with Gasteiger partial charge < -0.3 is 5.32 Å². The molecule has 0 unspecified atom stereocenters. The van der Waals surface area contributed by atoms with E-state index in [9.17, 15) is 0 Å². The van der Waals surface area contributed by atoms with Crippen LogP contribution in [0.25, 0.3) is 0 Å². The van der Waals surface area contributed by atoms with Crippen molar-refractivity contribution in [2.45, 2.75) is 51.6 Å². The molecule has 0 saturated heterocycles. The summed E-state index contributed by atoms with van der Waals surface area (Å²) in [5, 5.41) is 3.69. The van der Waals surface area contributed by atoms with Crippen LogP contribution in [-0.2, 0) is 6.54 Å². The van der Waals surface area contributed by atoms with Crippen LogP contribution in [0.3, 0.4) is 0 Å². The van der Waals surface area contributed by atoms with Gasteiger partial charge in [-0.15, -0.1) is 0 Å². The molecule has 1 aromatic carbocycles. The van der Waals surface area contributed by atoms with E-state index in [0.29, 0.717) is 0 Å². The quantitative estimate of drug-likeness (QED) is 0.862. The smallest absolute Gasteiger partial charge is 0.0208 e. The molecule has 1 fully saturated rings. The highest BCUT2D eigenvalue weighted by Crippen LogP contribution is 2.26. The fraction of sp³-hybridized carbons (Fsp3) is 0.600. The van der Waals surface area contributed by atoms with Crippen LogP contribution in [0.2, 0.25) is 0 Å². The summed E-state index contributed by atoms with van der Waals surface area (Å²) in [6, 6.07) is 9.35. The van der Waals surface area contributed by atoms with Gasteiger partial charge in [0.05, 0.1) is 0 Å². The molecule has 1 saturated carbocycles. The third-order valence-electron chi connectivity index (χ3n) is 3.93. The van der Waals surface area contributed by atoms with Crippen molar-refractivity contribution in [3.05, 3.63) is 34.3 Å². The molecule has 0 atom stereocenters. The molecule has 0 aliphatic heterocycles. The van der Waals surface area contributed by atoms with Gasteiger partial charge in [-0.1, -0.05) is 41.4 Å². The van der Waals surface area contributed by atoms with Gasteiger partial charge in [-0.05, 0) is 49.3 Å². The highest BCUT2D eigenvalue weighted by atomic mass is 79.9. The summed E-state index contributed by atoms with van der Waals surface area (Å²) in [4.78, 5) is 0. The van der Waals surface area contributed by atoms with Crippen molar-refractivity contribution in [3.63, 3.8) is 0 Å². The van der Waals surface area contributed by atoms with Crippen molar-refractivity contribution in [2.24, 2.45) is 5.92 Å². The zero-order chi connectivity index (χ0) is 12.1. The van der Waals surface area contributed by atoms with Gasteiger partial charge in [0.1, 0.15) is 0 Å². The van der Waals surface area contributed by atoms with Crippen molar-refractivity contribution < 1.29 is 0 Å². The van der Waals surface area contributed by atoms with E-state index in [1.807, 2.05) is 0 Å². The van der Waals surface area contributed by atoms with E-state index in [-0.39, 0.29) is 0 Å². The lowest BCUT2D eigenvalue weighted by atomic mass is 9.84. The van der Waals surface area contributed by atoms with Gasteiger partial charge in [0.2, 0.25) is 0 Å². The molecule has 1 aliphatic rings. The number of halogens is 1. The number of hydrogen-bond donors (Lipinski definition) is 1. The molecule has 94 valence electrons. The van der Waals surface area contributed by atoms with Gasteiger partial charge in [-0.2, -0.15) is 0 Å². The zero-order valence-corrected chi connectivity index (χ0v) is 12.2. The molecule has 1 aliphatic carbocycles. The first kappa shape index (κ1) is 13.1. The maximum Gasteiger partial charge on any atom is 0.0208 e. The van der Waals surface area contributed by atoms with Gasteiger partial charge in [0.25, 0.3) is 0 Å². The summed E-state index contributed by atoms with van der Waals surface area (Å²) < 4.78 is 1.16. The fourth-order valence-corrected chi connectivity index (χ4v) is 2.90. The standard InChI is InChI=1S/C15H22BrN/c1-2-12-5-9-15(10-6-12)17-11-13-3-7-14(16)8-4-13/h3-4,7-8,12,15,17H,2,5-6,9-11H2,1H3. The van der Waals surface area contributed by atoms with Crippen molar-refractivity contribution in [1.29, 1.82) is 0 Å². The van der Waals surface area contributed by atoms with Crippen LogP contribution in [0.4, 0.5) is 0 Å². The molecule has 2 heteroatoms. The molecular formula is C15H22BrN. The molecule has 0 bridgehead atoms. The van der Waals surface area contributed by atoms with Crippen LogP contribution in [0.1, 0.15) is 44.6 Å². The summed E-state index contributed by atoms with van der Waals surface area (Å²) in [5.74, 6) is 0.987. The lowest BCUT2D eigenvalue weighted by Gasteiger charge is -2.28. The van der Waals surface area contributed by atoms with Gasteiger partial charge in [0, 0.05) is 17.1 Å². The summed E-state index contributed by atoms with van der Waals surface area (Å²) in [5.41, 5.74) is 1.38. The number of rotatable bonds is 4. The van der Waals surface area contributed by atoms with Gasteiger partial charge in [-0.3, -0.25) is 0 Å². The van der Waals surface area contributed by atoms with Crippen LogP contribution < -0.4 is 5.32 Å². The minimum absolute atomic E-state index is 0.737. The van der Waals surface area contributed by atoms with Gasteiger partial charge >= 0.3 is 0 Å². The first-order valence-electron chi connectivity index (χ1n) is 6.75. The van der Waals surface area contributed by atoms with E-state index >= 15 is 0 Å². The van der Waals surface area contributed by atoms with Crippen LogP contribution in [0, 0.1) is 5.92 Å². The Balaban J connectivity index is 1.74. The maximum absolute atomic E-state index is 3.69. The number of hydrogen-bond acceptors (Lipinski definition) is 1. The first-order valence-corrected chi connectivity index (χ1v) is 7.55. The first-order chi connectivity index (χ1) is 8.28. The maximum atomic E-state index is 3.69. The Morgan fingerprint density at radius 1 is 1.12 bits per heavy atom. The normalized spacial score (nSPS) is 24.8. The van der Waals surface area contributed by atoms with Gasteiger partial charge in [0.15, 0.2) is 0 Å². The average Bonchev–Trinajstić information content (AvgIpc) is 2.39. The largest absolute Gasteiger partial charge is 0.310 e. The molecular weight excluding hydrogens is 274 g/mol. The minimum Gasteiger partial charge on any atom is -0.310 e. The molecule has 0 spiro atoms. The molecule has 0 heterocycles. The van der Waals surface area contributed by atoms with E-state index in [2.05, 4.69) is 52.4 Å². The molecule has 0 amide bonds. The van der Waals surface area contributed by atoms with Crippen LogP contribution in [0.5, 0.6) is 0 Å². The molecule has 0 radical (unpaired) electrons. The zero-order valence-electron chi connectivity index (χ0n) is 10.6. The summed E-state index contributed by atoms with van der Waals surface area (Å²) >= 11 is 3.47. The highest BCUT2D eigenvalue weighted by molar-refractivity contribution is 9.10. The second-order valence-corrected chi connectivity index (χ2v) is 6.05. The van der Waals surface area contributed by atoms with Crippen LogP contribution >= 0.6 is 15.9 Å². The lowest BCUT2D eigenvalue weighted by molar-refractivity contribution is 0.285. The van der Waals surface area contributed by atoms with Gasteiger partial charge in [-0.25, -0.2) is 0 Å². The summed E-state index contributed by atoms with van der Waals surface area (Å²) in [7, 11) is 0. The van der Waals surface area contributed by atoms with Crippen molar-refractivity contribution in [1.82, 2.24) is 5.32 Å². The minimum atomic E-state index is 0.737. The van der Waals surface area contributed by atoms with E-state index in [1.165, 1.54) is 37.7 Å². The van der Waals surface area contributed by atoms with Crippen molar-refractivity contribution in [3.8, 4) is 0 Å². The Bertz CT molecular complexity index is 325. The number of nitrogens with one attached hydrogen (secondary N) is 1. The van der Waals surface area contributed by atoms with E-state index in [1.54, 1.807) is 0 Å². The third kappa shape index (κ3) is 4.11. The Hall–Kier alpha value is -0.340. The van der Waals surface area contributed by atoms with Crippen LogP contribution in [-0.4, -0.2) is 6.04 Å². The topological polar surface area (TPSA) is 12.0 Å². The van der Waals surface area contributed by atoms with E-state index < -0.39 is 0 Å². The molecule has 1 N–H and O–H groups in total. The molecule has 17 heavy (non-hydrogen) atoms. The Morgan fingerprint density at radius 2 is 1.76 bits per heavy atom. The SMILES string of the molecule is CCC1CCC(NCc2ccc(Br)cc2)CC1. The molecule has 1 nitrogen and oxygen atoms in total. The lowest BCUT2D eigenvalue weighted by Crippen LogP contribution is -2.32. The monoisotopic (exact) mass is 295 g/mol. The molecule has 2 rings (SSSR count). The molecule has 0 aromatic heterocycles. The van der Waals surface area contributed by atoms with E-state index in [4.69, 9.17) is 0 Å². The number of benzene rings is 1. The third-order valence-corrected chi connectivity index (χ3v) is 4.46. The highest BCUT2D eigenvalue weighted by Gasteiger charge is 2.19. The Morgan fingerprint density at radius 3 is 2.35 bits per heavy atom. The Kier molecular flexibility index (Phi) is 5.05. The van der Waals surface area contributed by atoms with Crippen molar-refractivity contribution >= 4 is 15.9 Å². The fourth-order valence-electron chi connectivity index (χ4n) is 2.64. The second kappa shape index (κ2) is 6.55. The van der Waals surface area contributed by atoms with Crippen LogP contribution in [0.15, 0.2) is 28.7 Å². The predicted octanol–water partition coefficient (Wildman–Crippen LogP) is 4.51. The van der Waals surface area contributed by atoms with E-state index in [0.717, 1.165) is 23.0 Å². The summed E-state index contributed by atoms with van der Waals surface area (Å²) in [6.45, 7) is 3.33. The Labute approximate surface area is 113 Å². The molecule has 1 aromatic rings. The second-order valence-electron chi connectivity index (χ2n) is 5.13. The predicted molar refractivity (Wildman–Crippen MR) is 77.0 cm³/mol. The summed E-state index contributed by atoms with van der Waals surface area (Å²) in [6.07, 6.45) is 6.90. The van der Waals surface area contributed by atoms with Crippen molar-refractivity contribution in [2.75, 3.05) is 0 Å². The average molecular weight is 296 g/mol.